The lowest BCUT2D eigenvalue weighted by Gasteiger charge is -2.30. The zero-order chi connectivity index (χ0) is 31.0. The number of carbonyl (C=O) groups is 3. The molecule has 226 valence electrons. The van der Waals surface area contributed by atoms with Gasteiger partial charge in [0.15, 0.2) is 0 Å². The highest BCUT2D eigenvalue weighted by molar-refractivity contribution is 6.14. The molecule has 4 aromatic rings. The first kappa shape index (κ1) is 28.7. The average molecular weight is 598 g/mol. The van der Waals surface area contributed by atoms with Crippen molar-refractivity contribution in [3.63, 3.8) is 0 Å². The molecule has 0 bridgehead atoms. The maximum absolute atomic E-state index is 13.9. The normalized spacial score (nSPS) is 19.3. The summed E-state index contributed by atoms with van der Waals surface area (Å²) in [4.78, 5) is 48.7. The lowest BCUT2D eigenvalue weighted by Crippen LogP contribution is -2.47. The third kappa shape index (κ3) is 5.55. The van der Waals surface area contributed by atoms with Crippen LogP contribution in [0, 0.1) is 5.92 Å². The third-order valence-electron chi connectivity index (χ3n) is 9.28. The summed E-state index contributed by atoms with van der Waals surface area (Å²) in [5.74, 6) is -0.283. The molecule has 45 heavy (non-hydrogen) atoms. The van der Waals surface area contributed by atoms with Crippen LogP contribution in [-0.4, -0.2) is 46.0 Å². The van der Waals surface area contributed by atoms with Crippen LogP contribution in [0.1, 0.15) is 54.0 Å². The molecule has 7 rings (SSSR count). The molecule has 1 saturated carbocycles. The van der Waals surface area contributed by atoms with E-state index in [1.165, 1.54) is 0 Å². The number of carbonyl (C=O) groups excluding carboxylic acids is 3. The highest BCUT2D eigenvalue weighted by Gasteiger charge is 2.58. The maximum atomic E-state index is 13.9. The minimum atomic E-state index is -1.41. The lowest BCUT2D eigenvalue weighted by molar-refractivity contribution is -0.143. The van der Waals surface area contributed by atoms with Crippen LogP contribution in [0.3, 0.4) is 0 Å². The smallest absolute Gasteiger partial charge is 0.418 e. The van der Waals surface area contributed by atoms with E-state index in [4.69, 9.17) is 9.73 Å². The van der Waals surface area contributed by atoms with E-state index in [1.807, 2.05) is 114 Å². The van der Waals surface area contributed by atoms with Crippen molar-refractivity contribution >= 4 is 29.3 Å². The zero-order valence-corrected chi connectivity index (χ0v) is 25.3. The van der Waals surface area contributed by atoms with Gasteiger partial charge in [-0.3, -0.25) is 9.59 Å². The number of imide groups is 1. The van der Waals surface area contributed by atoms with Crippen molar-refractivity contribution < 1.29 is 19.1 Å². The van der Waals surface area contributed by atoms with Crippen molar-refractivity contribution in [1.82, 2.24) is 9.80 Å². The van der Waals surface area contributed by atoms with Gasteiger partial charge in [-0.2, -0.15) is 0 Å². The van der Waals surface area contributed by atoms with Gasteiger partial charge >= 0.3 is 6.09 Å². The van der Waals surface area contributed by atoms with Gasteiger partial charge in [-0.15, -0.1) is 0 Å². The first-order valence-corrected chi connectivity index (χ1v) is 15.6. The molecule has 1 saturated heterocycles. The van der Waals surface area contributed by atoms with Crippen LogP contribution in [0.4, 0.5) is 10.5 Å². The van der Waals surface area contributed by atoms with E-state index >= 15 is 0 Å². The molecule has 2 fully saturated rings. The molecular weight excluding hydrogens is 562 g/mol. The molecule has 1 spiro atoms. The van der Waals surface area contributed by atoms with E-state index in [1.54, 1.807) is 0 Å². The van der Waals surface area contributed by atoms with Gasteiger partial charge in [0.2, 0.25) is 11.5 Å². The van der Waals surface area contributed by atoms with E-state index in [-0.39, 0.29) is 18.5 Å². The van der Waals surface area contributed by atoms with Gasteiger partial charge in [-0.25, -0.2) is 14.7 Å². The fourth-order valence-corrected chi connectivity index (χ4v) is 6.62. The second-order valence-corrected chi connectivity index (χ2v) is 12.2. The highest BCUT2D eigenvalue weighted by atomic mass is 16.6. The van der Waals surface area contributed by atoms with Gasteiger partial charge in [-0.05, 0) is 55.4 Å². The Hall–Kier alpha value is -5.04. The Morgan fingerprint density at radius 2 is 1.53 bits per heavy atom. The predicted octanol–water partition coefficient (Wildman–Crippen LogP) is 6.80. The van der Waals surface area contributed by atoms with Gasteiger partial charge in [0.1, 0.15) is 6.54 Å². The standard InChI is InChI=1S/C38H35N3O4/c1-26(28-17-18-28)40(24-27-11-5-2-6-12-27)34(42)25-41-36(43)38(45-37(41)44)22-21-31-23-32(19-20-33(31)38)39-35(29-13-7-3-8-14-29)30-15-9-4-10-16-30/h2-16,19-20,23,26,28H,17-18,21-22,24-25H2,1H3/t26-,38?/m0/s1. The summed E-state index contributed by atoms with van der Waals surface area (Å²) < 4.78 is 5.87. The SMILES string of the molecule is C[C@@H](C1CC1)N(Cc1ccccc1)C(=O)CN1C(=O)OC2(CCc3cc(N=C(c4ccccc4)c4ccccc4)ccc32)C1=O. The molecule has 0 aromatic heterocycles. The molecule has 7 heteroatoms. The van der Waals surface area contributed by atoms with Gasteiger partial charge in [0.05, 0.1) is 11.4 Å². The summed E-state index contributed by atoms with van der Waals surface area (Å²) in [6.07, 6.45) is 2.28. The van der Waals surface area contributed by atoms with Crippen molar-refractivity contribution in [3.8, 4) is 0 Å². The molecule has 1 aliphatic heterocycles. The van der Waals surface area contributed by atoms with E-state index in [2.05, 4.69) is 6.92 Å². The summed E-state index contributed by atoms with van der Waals surface area (Å²) in [6, 6.07) is 35.6. The number of hydrogen-bond acceptors (Lipinski definition) is 5. The van der Waals surface area contributed by atoms with E-state index in [0.717, 1.165) is 51.4 Å². The summed E-state index contributed by atoms with van der Waals surface area (Å²) >= 11 is 0. The molecule has 3 aliphatic rings. The monoisotopic (exact) mass is 597 g/mol. The number of fused-ring (bicyclic) bond motifs is 2. The number of rotatable bonds is 9. The molecule has 4 aromatic carbocycles. The average Bonchev–Trinajstić information content (AvgIpc) is 3.83. The van der Waals surface area contributed by atoms with Crippen LogP contribution < -0.4 is 0 Å². The molecule has 0 radical (unpaired) electrons. The van der Waals surface area contributed by atoms with Crippen LogP contribution in [0.25, 0.3) is 0 Å². The Kier molecular flexibility index (Phi) is 7.53. The van der Waals surface area contributed by atoms with Crippen LogP contribution in [0.15, 0.2) is 114 Å². The topological polar surface area (TPSA) is 79.3 Å². The molecule has 1 unspecified atom stereocenters. The van der Waals surface area contributed by atoms with E-state index < -0.39 is 17.6 Å². The van der Waals surface area contributed by atoms with Crippen molar-refractivity contribution in [2.75, 3.05) is 6.54 Å². The number of amides is 3. The zero-order valence-electron chi connectivity index (χ0n) is 25.3. The van der Waals surface area contributed by atoms with Crippen molar-refractivity contribution in [2.24, 2.45) is 10.9 Å². The second kappa shape index (κ2) is 11.8. The Labute approximate surface area is 263 Å². The molecule has 2 aliphatic carbocycles. The lowest BCUT2D eigenvalue weighted by atomic mass is 9.94. The maximum Gasteiger partial charge on any atom is 0.418 e. The fraction of sp³-hybridized carbons (Fsp3) is 0.263. The van der Waals surface area contributed by atoms with Crippen molar-refractivity contribution in [1.29, 1.82) is 0 Å². The summed E-state index contributed by atoms with van der Waals surface area (Å²) in [6.45, 7) is 2.15. The quantitative estimate of drug-likeness (QED) is 0.199. The minimum absolute atomic E-state index is 0.0169. The summed E-state index contributed by atoms with van der Waals surface area (Å²) in [7, 11) is 0. The molecule has 3 amide bonds. The number of ether oxygens (including phenoxy) is 1. The van der Waals surface area contributed by atoms with E-state index in [0.29, 0.717) is 30.9 Å². The number of aryl methyl sites for hydroxylation is 1. The van der Waals surface area contributed by atoms with Gasteiger partial charge in [0, 0.05) is 35.7 Å². The molecule has 1 heterocycles. The largest absolute Gasteiger partial charge is 0.427 e. The Bertz CT molecular complexity index is 1730. The summed E-state index contributed by atoms with van der Waals surface area (Å²) in [5.41, 5.74) is 4.78. The second-order valence-electron chi connectivity index (χ2n) is 12.2. The molecular formula is C38H35N3O4. The van der Waals surface area contributed by atoms with Crippen molar-refractivity contribution in [2.45, 2.75) is 50.8 Å². The Morgan fingerprint density at radius 3 is 2.16 bits per heavy atom. The molecule has 2 atom stereocenters. The number of nitrogens with zero attached hydrogens (tertiary/aromatic N) is 3. The fourth-order valence-electron chi connectivity index (χ4n) is 6.62. The van der Waals surface area contributed by atoms with Gasteiger partial charge < -0.3 is 9.64 Å². The van der Waals surface area contributed by atoms with Crippen LogP contribution in [0.2, 0.25) is 0 Å². The van der Waals surface area contributed by atoms with Crippen LogP contribution >= 0.6 is 0 Å². The Balaban J connectivity index is 1.14. The number of aliphatic imine (C=N–C) groups is 1. The molecule has 7 nitrogen and oxygen atoms in total. The Morgan fingerprint density at radius 1 is 0.911 bits per heavy atom. The first-order chi connectivity index (χ1) is 21.9. The minimum Gasteiger partial charge on any atom is -0.427 e. The number of hydrogen-bond donors (Lipinski definition) is 0. The van der Waals surface area contributed by atoms with E-state index in [9.17, 15) is 14.4 Å². The van der Waals surface area contributed by atoms with Gasteiger partial charge in [-0.1, -0.05) is 97.1 Å². The van der Waals surface area contributed by atoms with Crippen molar-refractivity contribution in [3.05, 3.63) is 137 Å². The summed E-state index contributed by atoms with van der Waals surface area (Å²) in [5, 5.41) is 0. The molecule has 0 N–H and O–H groups in total. The van der Waals surface area contributed by atoms with Gasteiger partial charge in [0.25, 0.3) is 5.91 Å². The highest BCUT2D eigenvalue weighted by Crippen LogP contribution is 2.46. The first-order valence-electron chi connectivity index (χ1n) is 15.6. The van der Waals surface area contributed by atoms with Crippen LogP contribution in [0.5, 0.6) is 0 Å². The third-order valence-corrected chi connectivity index (χ3v) is 9.28. The number of benzene rings is 4. The predicted molar refractivity (Wildman–Crippen MR) is 172 cm³/mol. The van der Waals surface area contributed by atoms with Crippen LogP contribution in [-0.2, 0) is 32.9 Å².